The van der Waals surface area contributed by atoms with E-state index < -0.39 is 28.3 Å². The Kier molecular flexibility index (Phi) is 6.41. The molecule has 1 amide bonds. The Morgan fingerprint density at radius 1 is 0.931 bits per heavy atom. The number of rotatable bonds is 7. The van der Waals surface area contributed by atoms with Gasteiger partial charge in [-0.1, -0.05) is 54.1 Å². The maximum absolute atomic E-state index is 14.2. The number of anilines is 1. The second-order valence-electron chi connectivity index (χ2n) is 6.59. The van der Waals surface area contributed by atoms with Crippen LogP contribution in [0.25, 0.3) is 0 Å². The van der Waals surface area contributed by atoms with Crippen LogP contribution in [-0.4, -0.2) is 25.2 Å². The highest BCUT2D eigenvalue weighted by Gasteiger charge is 2.27. The molecule has 7 heteroatoms. The minimum Gasteiger partial charge on any atom is -0.325 e. The fraction of sp³-hybridized carbons (Fsp3) is 0.136. The first-order valence-electron chi connectivity index (χ1n) is 9.01. The fourth-order valence-electron chi connectivity index (χ4n) is 2.78. The molecule has 29 heavy (non-hydrogen) atoms. The van der Waals surface area contributed by atoms with Gasteiger partial charge in [0, 0.05) is 17.8 Å². The van der Waals surface area contributed by atoms with Crippen LogP contribution in [0.15, 0.2) is 83.8 Å². The zero-order valence-corrected chi connectivity index (χ0v) is 16.7. The number of para-hydroxylation sites is 1. The van der Waals surface area contributed by atoms with Crippen molar-refractivity contribution in [2.45, 2.75) is 18.4 Å². The van der Waals surface area contributed by atoms with Crippen molar-refractivity contribution >= 4 is 21.6 Å². The van der Waals surface area contributed by atoms with E-state index in [1.165, 1.54) is 30.3 Å². The molecule has 5 nitrogen and oxygen atoms in total. The van der Waals surface area contributed by atoms with E-state index in [1.54, 1.807) is 42.5 Å². The van der Waals surface area contributed by atoms with E-state index in [9.17, 15) is 17.6 Å². The quantitative estimate of drug-likeness (QED) is 0.639. The van der Waals surface area contributed by atoms with E-state index >= 15 is 0 Å². The van der Waals surface area contributed by atoms with Gasteiger partial charge in [-0.05, 0) is 37.3 Å². The molecule has 3 rings (SSSR count). The summed E-state index contributed by atoms with van der Waals surface area (Å²) in [7, 11) is -4.01. The Bertz CT molecular complexity index is 1080. The number of carbonyl (C=O) groups excluding carboxylic acids is 1. The first kappa shape index (κ1) is 20.7. The van der Waals surface area contributed by atoms with Crippen molar-refractivity contribution in [1.82, 2.24) is 4.31 Å². The van der Waals surface area contributed by atoms with Gasteiger partial charge in [0.05, 0.1) is 11.4 Å². The Balaban J connectivity index is 1.89. The van der Waals surface area contributed by atoms with Gasteiger partial charge in [-0.2, -0.15) is 4.31 Å². The summed E-state index contributed by atoms with van der Waals surface area (Å²) in [5.74, 6) is -1.04. The molecule has 0 aliphatic carbocycles. The monoisotopic (exact) mass is 412 g/mol. The number of halogens is 1. The van der Waals surface area contributed by atoms with Crippen LogP contribution in [0.1, 0.15) is 11.1 Å². The van der Waals surface area contributed by atoms with Crippen molar-refractivity contribution in [3.63, 3.8) is 0 Å². The highest BCUT2D eigenvalue weighted by atomic mass is 32.2. The third-order valence-corrected chi connectivity index (χ3v) is 6.15. The van der Waals surface area contributed by atoms with Gasteiger partial charge in [-0.25, -0.2) is 12.8 Å². The third kappa shape index (κ3) is 5.28. The molecule has 0 spiro atoms. The molecule has 0 radical (unpaired) electrons. The van der Waals surface area contributed by atoms with Crippen molar-refractivity contribution in [2.75, 3.05) is 11.9 Å². The first-order chi connectivity index (χ1) is 13.9. The standard InChI is InChI=1S/C22H21FN2O3S/c1-17-11-13-20(14-12-17)29(27,28)25(15-18-7-5-6-10-21(18)23)16-22(26)24-19-8-3-2-4-9-19/h2-14H,15-16H2,1H3,(H,24,26). The third-order valence-electron chi connectivity index (χ3n) is 4.34. The summed E-state index contributed by atoms with van der Waals surface area (Å²) < 4.78 is 41.5. The highest BCUT2D eigenvalue weighted by Crippen LogP contribution is 2.20. The van der Waals surface area contributed by atoms with Gasteiger partial charge >= 0.3 is 0 Å². The van der Waals surface area contributed by atoms with Crippen molar-refractivity contribution < 1.29 is 17.6 Å². The zero-order valence-electron chi connectivity index (χ0n) is 15.9. The molecule has 3 aromatic rings. The van der Waals surface area contributed by atoms with Crippen LogP contribution in [0.5, 0.6) is 0 Å². The number of hydrogen-bond acceptors (Lipinski definition) is 3. The lowest BCUT2D eigenvalue weighted by Crippen LogP contribution is -2.37. The average Bonchev–Trinajstić information content (AvgIpc) is 2.70. The molecular weight excluding hydrogens is 391 g/mol. The Morgan fingerprint density at radius 3 is 2.21 bits per heavy atom. The van der Waals surface area contributed by atoms with Gasteiger partial charge in [-0.3, -0.25) is 4.79 Å². The SMILES string of the molecule is Cc1ccc(S(=O)(=O)N(CC(=O)Nc2ccccc2)Cc2ccccc2F)cc1. The van der Waals surface area contributed by atoms with Gasteiger partial charge in [0.2, 0.25) is 15.9 Å². The molecule has 0 fully saturated rings. The summed E-state index contributed by atoms with van der Waals surface area (Å²) in [6.45, 7) is 1.14. The fourth-order valence-corrected chi connectivity index (χ4v) is 4.16. The van der Waals surface area contributed by atoms with E-state index in [-0.39, 0.29) is 17.0 Å². The number of carbonyl (C=O) groups is 1. The molecule has 0 aliphatic rings. The summed E-state index contributed by atoms with van der Waals surface area (Å²) in [5.41, 5.74) is 1.65. The number of amides is 1. The second-order valence-corrected chi connectivity index (χ2v) is 8.53. The van der Waals surface area contributed by atoms with Crippen LogP contribution in [0, 0.1) is 12.7 Å². The molecular formula is C22H21FN2O3S. The number of nitrogens with one attached hydrogen (secondary N) is 1. The molecule has 0 saturated carbocycles. The molecule has 0 heterocycles. The molecule has 0 atom stereocenters. The smallest absolute Gasteiger partial charge is 0.243 e. The Morgan fingerprint density at radius 2 is 1.55 bits per heavy atom. The van der Waals surface area contributed by atoms with Crippen molar-refractivity contribution in [2.24, 2.45) is 0 Å². The van der Waals surface area contributed by atoms with E-state index in [1.807, 2.05) is 13.0 Å². The molecule has 1 N–H and O–H groups in total. The predicted octanol–water partition coefficient (Wildman–Crippen LogP) is 3.96. The maximum atomic E-state index is 14.2. The highest BCUT2D eigenvalue weighted by molar-refractivity contribution is 7.89. The van der Waals surface area contributed by atoms with Gasteiger partial charge in [0.15, 0.2) is 0 Å². The maximum Gasteiger partial charge on any atom is 0.243 e. The minimum absolute atomic E-state index is 0.0481. The summed E-state index contributed by atoms with van der Waals surface area (Å²) in [6.07, 6.45) is 0. The van der Waals surface area contributed by atoms with Crippen molar-refractivity contribution in [3.05, 3.63) is 95.8 Å². The number of hydrogen-bond donors (Lipinski definition) is 1. The van der Waals surface area contributed by atoms with Crippen LogP contribution in [0.3, 0.4) is 0 Å². The van der Waals surface area contributed by atoms with E-state index in [4.69, 9.17) is 0 Å². The van der Waals surface area contributed by atoms with Gasteiger partial charge < -0.3 is 5.32 Å². The largest absolute Gasteiger partial charge is 0.325 e. The molecule has 0 bridgehead atoms. The minimum atomic E-state index is -4.01. The predicted molar refractivity (Wildman–Crippen MR) is 110 cm³/mol. The van der Waals surface area contributed by atoms with Crippen LogP contribution in [-0.2, 0) is 21.4 Å². The van der Waals surface area contributed by atoms with Gasteiger partial charge in [0.25, 0.3) is 0 Å². The number of benzene rings is 3. The van der Waals surface area contributed by atoms with Gasteiger partial charge in [0.1, 0.15) is 5.82 Å². The molecule has 150 valence electrons. The molecule has 3 aromatic carbocycles. The number of nitrogens with zero attached hydrogens (tertiary/aromatic N) is 1. The van der Waals surface area contributed by atoms with Crippen molar-refractivity contribution in [1.29, 1.82) is 0 Å². The summed E-state index contributed by atoms with van der Waals surface area (Å²) in [4.78, 5) is 12.6. The molecule has 0 aromatic heterocycles. The topological polar surface area (TPSA) is 66.5 Å². The van der Waals surface area contributed by atoms with Crippen LogP contribution < -0.4 is 5.32 Å². The Hall–Kier alpha value is -3.03. The number of aryl methyl sites for hydroxylation is 1. The lowest BCUT2D eigenvalue weighted by molar-refractivity contribution is -0.116. The van der Waals surface area contributed by atoms with E-state index in [2.05, 4.69) is 5.32 Å². The average molecular weight is 412 g/mol. The summed E-state index contributed by atoms with van der Waals surface area (Å²) >= 11 is 0. The summed E-state index contributed by atoms with van der Waals surface area (Å²) in [5, 5.41) is 2.67. The lowest BCUT2D eigenvalue weighted by Gasteiger charge is -2.22. The second kappa shape index (κ2) is 8.98. The molecule has 0 aliphatic heterocycles. The van der Waals surface area contributed by atoms with Crippen LogP contribution in [0.4, 0.5) is 10.1 Å². The van der Waals surface area contributed by atoms with Crippen molar-refractivity contribution in [3.8, 4) is 0 Å². The van der Waals surface area contributed by atoms with Gasteiger partial charge in [-0.15, -0.1) is 0 Å². The zero-order chi connectivity index (χ0) is 20.9. The lowest BCUT2D eigenvalue weighted by atomic mass is 10.2. The van der Waals surface area contributed by atoms with Crippen LogP contribution >= 0.6 is 0 Å². The van der Waals surface area contributed by atoms with E-state index in [0.29, 0.717) is 5.69 Å². The molecule has 0 unspecified atom stereocenters. The molecule has 0 saturated heterocycles. The summed E-state index contributed by atoms with van der Waals surface area (Å²) in [6, 6.07) is 21.0. The van der Waals surface area contributed by atoms with E-state index in [0.717, 1.165) is 9.87 Å². The Labute approximate surface area is 169 Å². The first-order valence-corrected chi connectivity index (χ1v) is 10.5. The van der Waals surface area contributed by atoms with Crippen LogP contribution in [0.2, 0.25) is 0 Å². The normalized spacial score (nSPS) is 11.4. The number of sulfonamides is 1.